The minimum atomic E-state index is -0.862. The SMILES string of the molecule is COc1ccc(C(=O)N2CCN(C(=O)CN3C(=O)N[C@@]4(CCCC[C@H]4C)C3=O)CC2)cc1. The van der Waals surface area contributed by atoms with E-state index in [4.69, 9.17) is 4.74 Å². The molecule has 9 heteroatoms. The summed E-state index contributed by atoms with van der Waals surface area (Å²) < 4.78 is 5.12. The Morgan fingerprint density at radius 3 is 2.34 bits per heavy atom. The molecule has 1 aromatic carbocycles. The van der Waals surface area contributed by atoms with Crippen LogP contribution in [0.15, 0.2) is 24.3 Å². The van der Waals surface area contributed by atoms with E-state index in [2.05, 4.69) is 5.32 Å². The molecule has 2 atom stereocenters. The second-order valence-corrected chi connectivity index (χ2v) is 8.84. The first-order valence-corrected chi connectivity index (χ1v) is 11.2. The molecular formula is C23H30N4O5. The smallest absolute Gasteiger partial charge is 0.325 e. The summed E-state index contributed by atoms with van der Waals surface area (Å²) in [5.41, 5.74) is -0.296. The average Bonchev–Trinajstić information content (AvgIpc) is 3.05. The summed E-state index contributed by atoms with van der Waals surface area (Å²) in [7, 11) is 1.57. The number of carbonyl (C=O) groups excluding carboxylic acids is 4. The number of hydrogen-bond acceptors (Lipinski definition) is 5. The lowest BCUT2D eigenvalue weighted by Crippen LogP contribution is -2.55. The molecule has 1 aromatic rings. The predicted molar refractivity (Wildman–Crippen MR) is 116 cm³/mol. The Morgan fingerprint density at radius 2 is 1.72 bits per heavy atom. The molecule has 1 aliphatic carbocycles. The molecule has 2 heterocycles. The number of ether oxygens (including phenoxy) is 1. The Labute approximate surface area is 187 Å². The van der Waals surface area contributed by atoms with Gasteiger partial charge in [0.1, 0.15) is 17.8 Å². The number of nitrogens with zero attached hydrogens (tertiary/aromatic N) is 3. The van der Waals surface area contributed by atoms with E-state index in [1.165, 1.54) is 0 Å². The number of imide groups is 1. The van der Waals surface area contributed by atoms with Crippen molar-refractivity contribution in [3.8, 4) is 5.75 Å². The molecule has 9 nitrogen and oxygen atoms in total. The zero-order chi connectivity index (χ0) is 22.9. The van der Waals surface area contributed by atoms with Crippen molar-refractivity contribution in [2.75, 3.05) is 39.8 Å². The maximum Gasteiger partial charge on any atom is 0.325 e. The van der Waals surface area contributed by atoms with E-state index in [1.807, 2.05) is 6.92 Å². The Morgan fingerprint density at radius 1 is 1.06 bits per heavy atom. The van der Waals surface area contributed by atoms with Gasteiger partial charge in [0, 0.05) is 31.7 Å². The summed E-state index contributed by atoms with van der Waals surface area (Å²) in [5, 5.41) is 2.88. The van der Waals surface area contributed by atoms with Gasteiger partial charge in [-0.1, -0.05) is 19.8 Å². The average molecular weight is 443 g/mol. The fraction of sp³-hybridized carbons (Fsp3) is 0.565. The molecule has 4 rings (SSSR count). The van der Waals surface area contributed by atoms with Gasteiger partial charge in [0.25, 0.3) is 11.8 Å². The molecule has 0 aromatic heterocycles. The Bertz CT molecular complexity index is 909. The molecular weight excluding hydrogens is 412 g/mol. The largest absolute Gasteiger partial charge is 0.497 e. The number of rotatable bonds is 4. The number of amides is 5. The van der Waals surface area contributed by atoms with Gasteiger partial charge < -0.3 is 19.9 Å². The van der Waals surface area contributed by atoms with Crippen molar-refractivity contribution in [2.24, 2.45) is 5.92 Å². The third-order valence-corrected chi connectivity index (χ3v) is 7.05. The third-order valence-electron chi connectivity index (χ3n) is 7.05. The van der Waals surface area contributed by atoms with Crippen LogP contribution >= 0.6 is 0 Å². The highest BCUT2D eigenvalue weighted by Gasteiger charge is 2.55. The lowest BCUT2D eigenvalue weighted by Gasteiger charge is -2.37. The number of piperazine rings is 1. The summed E-state index contributed by atoms with van der Waals surface area (Å²) >= 11 is 0. The first-order chi connectivity index (χ1) is 15.4. The van der Waals surface area contributed by atoms with Crippen molar-refractivity contribution < 1.29 is 23.9 Å². The molecule has 0 bridgehead atoms. The molecule has 0 radical (unpaired) electrons. The number of hydrogen-bond donors (Lipinski definition) is 1. The lowest BCUT2D eigenvalue weighted by molar-refractivity contribution is -0.141. The molecule has 2 saturated heterocycles. The molecule has 3 aliphatic rings. The van der Waals surface area contributed by atoms with E-state index in [0.717, 1.165) is 24.2 Å². The summed E-state index contributed by atoms with van der Waals surface area (Å²) in [4.78, 5) is 55.6. The predicted octanol–water partition coefficient (Wildman–Crippen LogP) is 1.48. The van der Waals surface area contributed by atoms with Gasteiger partial charge in [-0.3, -0.25) is 19.3 Å². The van der Waals surface area contributed by atoms with Gasteiger partial charge in [-0.15, -0.1) is 0 Å². The highest BCUT2D eigenvalue weighted by Crippen LogP contribution is 2.38. The molecule has 0 unspecified atom stereocenters. The molecule has 1 spiro atoms. The quantitative estimate of drug-likeness (QED) is 0.712. The van der Waals surface area contributed by atoms with Crippen LogP contribution in [0.5, 0.6) is 5.75 Å². The van der Waals surface area contributed by atoms with Crippen LogP contribution < -0.4 is 10.1 Å². The van der Waals surface area contributed by atoms with Crippen LogP contribution in [0.3, 0.4) is 0 Å². The van der Waals surface area contributed by atoms with Crippen LogP contribution in [-0.4, -0.2) is 83.8 Å². The maximum absolute atomic E-state index is 13.1. The standard InChI is InChI=1S/C23H30N4O5/c1-16-5-3-4-10-23(16)21(30)27(22(31)24-23)15-19(28)25-11-13-26(14-12-25)20(29)17-6-8-18(32-2)9-7-17/h6-9,16H,3-5,10-15H2,1-2H3,(H,24,31)/t16-,23-/m1/s1. The Kier molecular flexibility index (Phi) is 6.08. The minimum absolute atomic E-state index is 0.0558. The molecule has 3 fully saturated rings. The van der Waals surface area contributed by atoms with Gasteiger partial charge in [-0.2, -0.15) is 0 Å². The number of urea groups is 1. The number of methoxy groups -OCH3 is 1. The normalized spacial score (nSPS) is 25.8. The van der Waals surface area contributed by atoms with E-state index in [0.29, 0.717) is 43.9 Å². The van der Waals surface area contributed by atoms with E-state index in [-0.39, 0.29) is 30.2 Å². The summed E-state index contributed by atoms with van der Waals surface area (Å²) in [6, 6.07) is 6.44. The molecule has 1 saturated carbocycles. The molecule has 2 aliphatic heterocycles. The van der Waals surface area contributed by atoms with Crippen molar-refractivity contribution in [3.05, 3.63) is 29.8 Å². The van der Waals surface area contributed by atoms with Gasteiger partial charge in [-0.05, 0) is 43.0 Å². The first kappa shape index (κ1) is 22.1. The molecule has 1 N–H and O–H groups in total. The third kappa shape index (κ3) is 3.91. The Balaban J connectivity index is 1.33. The van der Waals surface area contributed by atoms with Crippen LogP contribution in [0.1, 0.15) is 43.0 Å². The van der Waals surface area contributed by atoms with E-state index in [1.54, 1.807) is 41.2 Å². The highest BCUT2D eigenvalue weighted by molar-refractivity contribution is 6.09. The van der Waals surface area contributed by atoms with Crippen LogP contribution in [0.4, 0.5) is 4.79 Å². The minimum Gasteiger partial charge on any atom is -0.497 e. The van der Waals surface area contributed by atoms with Crippen molar-refractivity contribution in [1.29, 1.82) is 0 Å². The van der Waals surface area contributed by atoms with Crippen LogP contribution in [0.2, 0.25) is 0 Å². The van der Waals surface area contributed by atoms with Gasteiger partial charge in [-0.25, -0.2) is 4.79 Å². The summed E-state index contributed by atoms with van der Waals surface area (Å²) in [6.45, 7) is 3.26. The highest BCUT2D eigenvalue weighted by atomic mass is 16.5. The van der Waals surface area contributed by atoms with Crippen LogP contribution in [0.25, 0.3) is 0 Å². The van der Waals surface area contributed by atoms with Crippen molar-refractivity contribution in [2.45, 2.75) is 38.1 Å². The lowest BCUT2D eigenvalue weighted by atomic mass is 9.73. The number of carbonyl (C=O) groups is 4. The molecule has 5 amide bonds. The zero-order valence-corrected chi connectivity index (χ0v) is 18.6. The number of benzene rings is 1. The van der Waals surface area contributed by atoms with Gasteiger partial charge in [0.15, 0.2) is 0 Å². The monoisotopic (exact) mass is 442 g/mol. The summed E-state index contributed by atoms with van der Waals surface area (Å²) in [6.07, 6.45) is 3.44. The molecule has 172 valence electrons. The van der Waals surface area contributed by atoms with E-state index >= 15 is 0 Å². The van der Waals surface area contributed by atoms with Crippen molar-refractivity contribution in [3.63, 3.8) is 0 Å². The summed E-state index contributed by atoms with van der Waals surface area (Å²) in [5.74, 6) is 0.0891. The maximum atomic E-state index is 13.1. The fourth-order valence-electron chi connectivity index (χ4n) is 4.95. The fourth-order valence-corrected chi connectivity index (χ4v) is 4.95. The van der Waals surface area contributed by atoms with Crippen LogP contribution in [-0.2, 0) is 9.59 Å². The van der Waals surface area contributed by atoms with Gasteiger partial charge in [0.05, 0.1) is 7.11 Å². The van der Waals surface area contributed by atoms with Gasteiger partial charge in [0.2, 0.25) is 5.91 Å². The van der Waals surface area contributed by atoms with E-state index in [9.17, 15) is 19.2 Å². The van der Waals surface area contributed by atoms with Crippen LogP contribution in [0, 0.1) is 5.92 Å². The van der Waals surface area contributed by atoms with E-state index < -0.39 is 11.6 Å². The Hall–Kier alpha value is -3.10. The van der Waals surface area contributed by atoms with Gasteiger partial charge >= 0.3 is 6.03 Å². The van der Waals surface area contributed by atoms with Crippen molar-refractivity contribution in [1.82, 2.24) is 20.0 Å². The van der Waals surface area contributed by atoms with Crippen molar-refractivity contribution >= 4 is 23.8 Å². The molecule has 32 heavy (non-hydrogen) atoms. The zero-order valence-electron chi connectivity index (χ0n) is 18.6. The first-order valence-electron chi connectivity index (χ1n) is 11.2. The number of nitrogens with one attached hydrogen (secondary N) is 1. The second kappa shape index (κ2) is 8.80. The second-order valence-electron chi connectivity index (χ2n) is 8.84. The topological polar surface area (TPSA) is 99.3 Å².